The summed E-state index contributed by atoms with van der Waals surface area (Å²) in [4.78, 5) is 20.6. The van der Waals surface area contributed by atoms with Gasteiger partial charge in [-0.3, -0.25) is 4.57 Å². The molecule has 2 aliphatic rings. The van der Waals surface area contributed by atoms with Gasteiger partial charge in [-0.25, -0.2) is 9.78 Å². The molecule has 0 aliphatic carbocycles. The fourth-order valence-electron chi connectivity index (χ4n) is 3.49. The van der Waals surface area contributed by atoms with Crippen LogP contribution < -0.4 is 19.9 Å². The van der Waals surface area contributed by atoms with Gasteiger partial charge >= 0.3 is 5.69 Å². The molecule has 0 unspecified atom stereocenters. The Bertz CT molecular complexity index is 1110. The molecule has 8 nitrogen and oxygen atoms in total. The third kappa shape index (κ3) is 2.92. The Morgan fingerprint density at radius 3 is 3.14 bits per heavy atom. The van der Waals surface area contributed by atoms with Gasteiger partial charge in [-0.15, -0.1) is 0 Å². The van der Waals surface area contributed by atoms with Gasteiger partial charge < -0.3 is 19.3 Å². The van der Waals surface area contributed by atoms with Gasteiger partial charge in [0.25, 0.3) is 5.88 Å². The Morgan fingerprint density at radius 2 is 2.21 bits per heavy atom. The molecule has 0 spiro atoms. The summed E-state index contributed by atoms with van der Waals surface area (Å²) in [5.74, 6) is 1.47. The largest absolute Gasteiger partial charge is 0.508 e. The van der Waals surface area contributed by atoms with E-state index in [1.54, 1.807) is 47.2 Å². The number of aryl methyl sites for hydroxylation is 1. The van der Waals surface area contributed by atoms with E-state index in [0.29, 0.717) is 31.2 Å². The summed E-state index contributed by atoms with van der Waals surface area (Å²) >= 11 is 0. The zero-order valence-corrected chi connectivity index (χ0v) is 14.9. The summed E-state index contributed by atoms with van der Waals surface area (Å²) in [6, 6.07) is 10.4. The molecule has 4 heterocycles. The lowest BCUT2D eigenvalue weighted by Crippen LogP contribution is -2.35. The molecule has 0 saturated carbocycles. The lowest BCUT2D eigenvalue weighted by Gasteiger charge is -2.25. The van der Waals surface area contributed by atoms with Crippen molar-refractivity contribution in [1.82, 2.24) is 14.5 Å². The van der Waals surface area contributed by atoms with Crippen LogP contribution in [0.4, 0.5) is 0 Å². The number of hydrogen-bond acceptors (Lipinski definition) is 7. The van der Waals surface area contributed by atoms with Gasteiger partial charge in [-0.1, -0.05) is 0 Å². The Balaban J connectivity index is 1.38. The average Bonchev–Trinajstić information content (AvgIpc) is 2.71. The molecule has 28 heavy (non-hydrogen) atoms. The van der Waals surface area contributed by atoms with Crippen molar-refractivity contribution < 1.29 is 19.3 Å². The maximum absolute atomic E-state index is 12.4. The molecule has 0 amide bonds. The first kappa shape index (κ1) is 16.6. The smallest absolute Gasteiger partial charge is 0.351 e. The number of nitrogens with zero attached hydrogens (tertiary/aromatic N) is 3. The molecule has 5 rings (SSSR count). The quantitative estimate of drug-likeness (QED) is 0.741. The van der Waals surface area contributed by atoms with Crippen molar-refractivity contribution in [2.24, 2.45) is 0 Å². The summed E-state index contributed by atoms with van der Waals surface area (Å²) in [5, 5.41) is 9.71. The number of pyridine rings is 1. The standard InChI is InChI=1S/C20H17N3O5/c24-13-3-4-15-12(8-13)5-7-23-16(15)9-18(22-20(23)25)26-10-14-11-27-19-17(28-14)2-1-6-21-19/h1-4,6,8-9,14,24H,5,7,10-11H2/t14-/m0/s1. The second-order valence-electron chi connectivity index (χ2n) is 6.67. The average molecular weight is 379 g/mol. The number of fused-ring (bicyclic) bond motifs is 4. The predicted octanol–water partition coefficient (Wildman–Crippen LogP) is 1.79. The van der Waals surface area contributed by atoms with Crippen LogP contribution in [0.5, 0.6) is 23.3 Å². The van der Waals surface area contributed by atoms with Crippen LogP contribution in [0.2, 0.25) is 0 Å². The summed E-state index contributed by atoms with van der Waals surface area (Å²) in [5.41, 5.74) is 2.25. The molecule has 1 N–H and O–H groups in total. The van der Waals surface area contributed by atoms with Gasteiger partial charge in [0.2, 0.25) is 5.88 Å². The number of hydrogen-bond donors (Lipinski definition) is 1. The maximum atomic E-state index is 12.4. The normalized spacial score (nSPS) is 16.8. The Morgan fingerprint density at radius 1 is 1.29 bits per heavy atom. The molecule has 2 aliphatic heterocycles. The van der Waals surface area contributed by atoms with Crippen LogP contribution >= 0.6 is 0 Å². The van der Waals surface area contributed by atoms with Crippen molar-refractivity contribution in [2.75, 3.05) is 13.2 Å². The van der Waals surface area contributed by atoms with Crippen molar-refractivity contribution in [2.45, 2.75) is 19.1 Å². The van der Waals surface area contributed by atoms with Crippen molar-refractivity contribution in [3.8, 4) is 34.5 Å². The molecular weight excluding hydrogens is 362 g/mol. The number of aromatic nitrogens is 3. The van der Waals surface area contributed by atoms with Crippen LogP contribution in [0.15, 0.2) is 47.4 Å². The summed E-state index contributed by atoms with van der Waals surface area (Å²) < 4.78 is 18.8. The minimum atomic E-state index is -0.360. The van der Waals surface area contributed by atoms with E-state index in [0.717, 1.165) is 16.8 Å². The molecule has 142 valence electrons. The number of phenols is 1. The van der Waals surface area contributed by atoms with Crippen LogP contribution in [0.1, 0.15) is 5.56 Å². The maximum Gasteiger partial charge on any atom is 0.351 e. The molecule has 0 radical (unpaired) electrons. The van der Waals surface area contributed by atoms with Crippen LogP contribution in [-0.4, -0.2) is 39.0 Å². The SMILES string of the molecule is O=c1nc(OC[C@H]2COc3ncccc3O2)cc2n1CCc1cc(O)ccc1-2. The first-order valence-corrected chi connectivity index (χ1v) is 8.99. The predicted molar refractivity (Wildman–Crippen MR) is 98.9 cm³/mol. The molecule has 2 aromatic heterocycles. The third-order valence-corrected chi connectivity index (χ3v) is 4.81. The van der Waals surface area contributed by atoms with Crippen LogP contribution in [0.3, 0.4) is 0 Å². The second-order valence-corrected chi connectivity index (χ2v) is 6.67. The Labute approximate surface area is 160 Å². The lowest BCUT2D eigenvalue weighted by atomic mass is 9.97. The van der Waals surface area contributed by atoms with Crippen LogP contribution in [0.25, 0.3) is 11.3 Å². The number of aromatic hydroxyl groups is 1. The van der Waals surface area contributed by atoms with E-state index in [-0.39, 0.29) is 30.0 Å². The van der Waals surface area contributed by atoms with Gasteiger partial charge in [0, 0.05) is 24.4 Å². The van der Waals surface area contributed by atoms with Crippen LogP contribution in [-0.2, 0) is 13.0 Å². The van der Waals surface area contributed by atoms with Gasteiger partial charge in [0.05, 0.1) is 5.69 Å². The number of rotatable bonds is 3. The molecule has 3 aromatic rings. The monoisotopic (exact) mass is 379 g/mol. The fraction of sp³-hybridized carbons (Fsp3) is 0.250. The molecular formula is C20H17N3O5. The van der Waals surface area contributed by atoms with Crippen molar-refractivity contribution in [1.29, 1.82) is 0 Å². The highest BCUT2D eigenvalue weighted by Gasteiger charge is 2.24. The van der Waals surface area contributed by atoms with Crippen molar-refractivity contribution in [3.05, 3.63) is 58.6 Å². The molecule has 8 heteroatoms. The molecule has 1 atom stereocenters. The first-order chi connectivity index (χ1) is 13.7. The van der Waals surface area contributed by atoms with Crippen molar-refractivity contribution >= 4 is 0 Å². The van der Waals surface area contributed by atoms with E-state index in [2.05, 4.69) is 9.97 Å². The highest BCUT2D eigenvalue weighted by Crippen LogP contribution is 2.32. The highest BCUT2D eigenvalue weighted by molar-refractivity contribution is 5.67. The van der Waals surface area contributed by atoms with E-state index >= 15 is 0 Å². The van der Waals surface area contributed by atoms with Gasteiger partial charge in [0.15, 0.2) is 11.9 Å². The number of ether oxygens (including phenoxy) is 3. The minimum absolute atomic E-state index is 0.187. The zero-order chi connectivity index (χ0) is 19.1. The number of phenolic OH excluding ortho intramolecular Hbond substituents is 1. The van der Waals surface area contributed by atoms with Gasteiger partial charge in [-0.2, -0.15) is 4.98 Å². The zero-order valence-electron chi connectivity index (χ0n) is 14.9. The molecule has 0 saturated heterocycles. The summed E-state index contributed by atoms with van der Waals surface area (Å²) in [6.07, 6.45) is 1.97. The van der Waals surface area contributed by atoms with E-state index in [9.17, 15) is 9.90 Å². The van der Waals surface area contributed by atoms with E-state index < -0.39 is 0 Å². The van der Waals surface area contributed by atoms with Gasteiger partial charge in [-0.05, 0) is 42.3 Å². The fourth-order valence-corrected chi connectivity index (χ4v) is 3.49. The second kappa shape index (κ2) is 6.56. The van der Waals surface area contributed by atoms with Gasteiger partial charge in [0.1, 0.15) is 19.0 Å². The minimum Gasteiger partial charge on any atom is -0.508 e. The molecule has 0 bridgehead atoms. The molecule has 0 fully saturated rings. The first-order valence-electron chi connectivity index (χ1n) is 8.99. The molecule has 1 aromatic carbocycles. The van der Waals surface area contributed by atoms with E-state index in [1.165, 1.54) is 0 Å². The lowest BCUT2D eigenvalue weighted by molar-refractivity contribution is 0.0486. The Hall–Kier alpha value is -3.55. The van der Waals surface area contributed by atoms with Crippen molar-refractivity contribution in [3.63, 3.8) is 0 Å². The highest BCUT2D eigenvalue weighted by atomic mass is 16.6. The number of benzene rings is 1. The topological polar surface area (TPSA) is 95.7 Å². The summed E-state index contributed by atoms with van der Waals surface area (Å²) in [7, 11) is 0. The summed E-state index contributed by atoms with van der Waals surface area (Å²) in [6.45, 7) is 1.00. The van der Waals surface area contributed by atoms with E-state index in [1.807, 2.05) is 0 Å². The third-order valence-electron chi connectivity index (χ3n) is 4.81. The van der Waals surface area contributed by atoms with E-state index in [4.69, 9.17) is 14.2 Å². The van der Waals surface area contributed by atoms with Crippen LogP contribution in [0, 0.1) is 0 Å². The Kier molecular flexibility index (Phi) is 3.89.